The van der Waals surface area contributed by atoms with Crippen LogP contribution in [0, 0.1) is 5.92 Å². The number of hydrogen-bond acceptors (Lipinski definition) is 6. The molecule has 2 aromatic heterocycles. The van der Waals surface area contributed by atoms with Crippen LogP contribution >= 0.6 is 0 Å². The number of aromatic nitrogens is 3. The molecule has 0 aromatic carbocycles. The molecule has 3 N–H and O–H groups in total. The van der Waals surface area contributed by atoms with E-state index in [1.807, 2.05) is 6.92 Å². The molecule has 9 nitrogen and oxygen atoms in total. The van der Waals surface area contributed by atoms with Crippen LogP contribution in [0.15, 0.2) is 18.0 Å². The van der Waals surface area contributed by atoms with Gasteiger partial charge in [-0.1, -0.05) is 19.8 Å². The van der Waals surface area contributed by atoms with E-state index in [0.29, 0.717) is 42.4 Å². The van der Waals surface area contributed by atoms with E-state index in [-0.39, 0.29) is 17.5 Å². The fourth-order valence-electron chi connectivity index (χ4n) is 5.14. The molecule has 37 heavy (non-hydrogen) atoms. The summed E-state index contributed by atoms with van der Waals surface area (Å²) in [6.45, 7) is 3.52. The second-order valence-corrected chi connectivity index (χ2v) is 10.6. The normalized spacial score (nSPS) is 20.0. The first-order valence-electron chi connectivity index (χ1n) is 13.8. The highest BCUT2D eigenvalue weighted by Gasteiger charge is 2.24. The third-order valence-electron chi connectivity index (χ3n) is 7.23. The zero-order valence-corrected chi connectivity index (χ0v) is 22.1. The first-order chi connectivity index (χ1) is 17.9. The second kappa shape index (κ2) is 12.8. The lowest BCUT2D eigenvalue weighted by Crippen LogP contribution is -2.36. The van der Waals surface area contributed by atoms with Crippen LogP contribution in [0.2, 0.25) is 0 Å². The van der Waals surface area contributed by atoms with Gasteiger partial charge >= 0.3 is 0 Å². The zero-order valence-electron chi connectivity index (χ0n) is 22.1. The molecule has 0 aliphatic heterocycles. The van der Waals surface area contributed by atoms with Crippen molar-refractivity contribution < 1.29 is 14.4 Å². The highest BCUT2D eigenvalue weighted by atomic mass is 16.2. The number of carbonyl (C=O) groups excluding carboxylic acids is 3. The predicted molar refractivity (Wildman–Crippen MR) is 144 cm³/mol. The monoisotopic (exact) mass is 508 g/mol. The molecule has 0 spiro atoms. The average molecular weight is 509 g/mol. The van der Waals surface area contributed by atoms with Gasteiger partial charge in [0.2, 0.25) is 11.8 Å². The number of amides is 2. The lowest BCUT2D eigenvalue weighted by molar-refractivity contribution is -0.121. The van der Waals surface area contributed by atoms with Gasteiger partial charge in [-0.25, -0.2) is 4.98 Å². The SMILES string of the molecule is CCCC(=O)NC(C=O)=Cc1cnn2c(NC3CC3)cc(CCCCC3CCC(NC(C)=O)CC3)nc12. The molecule has 0 atom stereocenters. The van der Waals surface area contributed by atoms with E-state index in [9.17, 15) is 14.4 Å². The van der Waals surface area contributed by atoms with E-state index < -0.39 is 0 Å². The van der Waals surface area contributed by atoms with Crippen LogP contribution in [-0.4, -0.2) is 44.8 Å². The van der Waals surface area contributed by atoms with Crippen LogP contribution in [0.4, 0.5) is 5.82 Å². The van der Waals surface area contributed by atoms with E-state index in [1.165, 1.54) is 19.3 Å². The Bertz CT molecular complexity index is 1130. The number of fused-ring (bicyclic) bond motifs is 1. The molecule has 2 saturated carbocycles. The Balaban J connectivity index is 1.40. The number of nitrogens with one attached hydrogen (secondary N) is 3. The Morgan fingerprint density at radius 1 is 1.11 bits per heavy atom. The molecule has 2 aromatic rings. The molecule has 2 aliphatic carbocycles. The van der Waals surface area contributed by atoms with Crippen molar-refractivity contribution >= 4 is 35.6 Å². The number of carbonyl (C=O) groups is 3. The first kappa shape index (κ1) is 26.8. The van der Waals surface area contributed by atoms with Crippen molar-refractivity contribution in [3.63, 3.8) is 0 Å². The van der Waals surface area contributed by atoms with Crippen LogP contribution in [0.5, 0.6) is 0 Å². The molecular formula is C28H40N6O3. The standard InChI is InChI=1S/C28H40N6O3/c1-3-6-27(37)32-25(18-35)15-21-17-29-34-26(31-23-13-14-23)16-24(33-28(21)34)8-5-4-7-20-9-11-22(12-10-20)30-19(2)36/h15-18,20,22-23,31H,3-14H2,1-2H3,(H,30,36)(H,32,37). The third-order valence-corrected chi connectivity index (χ3v) is 7.23. The molecule has 2 heterocycles. The van der Waals surface area contributed by atoms with Crippen molar-refractivity contribution in [2.45, 2.75) is 103 Å². The van der Waals surface area contributed by atoms with E-state index >= 15 is 0 Å². The summed E-state index contributed by atoms with van der Waals surface area (Å²) in [6, 6.07) is 2.91. The minimum Gasteiger partial charge on any atom is -0.367 e. The van der Waals surface area contributed by atoms with Crippen molar-refractivity contribution in [3.05, 3.63) is 29.2 Å². The van der Waals surface area contributed by atoms with Crippen molar-refractivity contribution in [2.24, 2.45) is 5.92 Å². The molecule has 200 valence electrons. The molecule has 2 aliphatic rings. The van der Waals surface area contributed by atoms with Gasteiger partial charge in [-0.05, 0) is 69.8 Å². The lowest BCUT2D eigenvalue weighted by Gasteiger charge is -2.28. The predicted octanol–water partition coefficient (Wildman–Crippen LogP) is 4.17. The molecule has 4 rings (SSSR count). The van der Waals surface area contributed by atoms with E-state index in [4.69, 9.17) is 4.98 Å². The van der Waals surface area contributed by atoms with Crippen LogP contribution in [-0.2, 0) is 20.8 Å². The Labute approximate surface area is 218 Å². The quantitative estimate of drug-likeness (QED) is 0.212. The molecule has 0 unspecified atom stereocenters. The van der Waals surface area contributed by atoms with Crippen LogP contribution in [0.1, 0.15) is 95.7 Å². The number of allylic oxidation sites excluding steroid dienone is 1. The van der Waals surface area contributed by atoms with Gasteiger partial charge in [0.1, 0.15) is 5.82 Å². The maximum Gasteiger partial charge on any atom is 0.224 e. The minimum atomic E-state index is -0.175. The molecule has 0 bridgehead atoms. The fourth-order valence-corrected chi connectivity index (χ4v) is 5.14. The summed E-state index contributed by atoms with van der Waals surface area (Å²) < 4.78 is 1.79. The van der Waals surface area contributed by atoms with Gasteiger partial charge in [-0.3, -0.25) is 14.4 Å². The first-order valence-corrected chi connectivity index (χ1v) is 13.8. The number of aryl methyl sites for hydroxylation is 1. The topological polar surface area (TPSA) is 117 Å². The van der Waals surface area contributed by atoms with Crippen LogP contribution in [0.25, 0.3) is 11.7 Å². The molecular weight excluding hydrogens is 468 g/mol. The van der Waals surface area contributed by atoms with Gasteiger partial charge in [0.25, 0.3) is 0 Å². The number of aldehydes is 1. The van der Waals surface area contributed by atoms with Gasteiger partial charge in [0.05, 0.1) is 11.9 Å². The van der Waals surface area contributed by atoms with E-state index in [0.717, 1.165) is 62.4 Å². The van der Waals surface area contributed by atoms with Gasteiger partial charge in [0, 0.05) is 42.8 Å². The summed E-state index contributed by atoms with van der Waals surface area (Å²) in [5.41, 5.74) is 2.60. The van der Waals surface area contributed by atoms with Gasteiger partial charge in [-0.2, -0.15) is 9.61 Å². The van der Waals surface area contributed by atoms with Crippen molar-refractivity contribution in [2.75, 3.05) is 5.32 Å². The van der Waals surface area contributed by atoms with Gasteiger partial charge < -0.3 is 16.0 Å². The Kier molecular flexibility index (Phi) is 9.30. The lowest BCUT2D eigenvalue weighted by atomic mass is 9.83. The summed E-state index contributed by atoms with van der Waals surface area (Å²) in [5, 5.41) is 13.8. The Hall–Kier alpha value is -3.23. The van der Waals surface area contributed by atoms with Crippen molar-refractivity contribution in [1.29, 1.82) is 0 Å². The van der Waals surface area contributed by atoms with Crippen LogP contribution < -0.4 is 16.0 Å². The van der Waals surface area contributed by atoms with Crippen molar-refractivity contribution in [3.8, 4) is 0 Å². The number of unbranched alkanes of at least 4 members (excludes halogenated alkanes) is 1. The Morgan fingerprint density at radius 3 is 2.54 bits per heavy atom. The second-order valence-electron chi connectivity index (χ2n) is 10.6. The molecule has 2 amide bonds. The fraction of sp³-hybridized carbons (Fsp3) is 0.607. The number of rotatable bonds is 13. The Morgan fingerprint density at radius 2 is 1.86 bits per heavy atom. The number of hydrogen-bond donors (Lipinski definition) is 3. The minimum absolute atomic E-state index is 0.0731. The molecule has 0 saturated heterocycles. The van der Waals surface area contributed by atoms with E-state index in [1.54, 1.807) is 23.7 Å². The summed E-state index contributed by atoms with van der Waals surface area (Å²) in [5.74, 6) is 1.56. The zero-order chi connectivity index (χ0) is 26.2. The molecule has 2 fully saturated rings. The van der Waals surface area contributed by atoms with E-state index in [2.05, 4.69) is 27.1 Å². The average Bonchev–Trinajstić information content (AvgIpc) is 3.60. The third kappa shape index (κ3) is 7.87. The van der Waals surface area contributed by atoms with Crippen LogP contribution in [0.3, 0.4) is 0 Å². The maximum absolute atomic E-state index is 12.0. The highest BCUT2D eigenvalue weighted by molar-refractivity contribution is 5.91. The summed E-state index contributed by atoms with van der Waals surface area (Å²) in [6.07, 6.45) is 16.2. The number of anilines is 1. The summed E-state index contributed by atoms with van der Waals surface area (Å²) in [4.78, 5) is 39.8. The number of nitrogens with zero attached hydrogens (tertiary/aromatic N) is 3. The smallest absolute Gasteiger partial charge is 0.224 e. The summed E-state index contributed by atoms with van der Waals surface area (Å²) >= 11 is 0. The van der Waals surface area contributed by atoms with Gasteiger partial charge in [0.15, 0.2) is 11.9 Å². The maximum atomic E-state index is 12.0. The molecule has 0 radical (unpaired) electrons. The van der Waals surface area contributed by atoms with Gasteiger partial charge in [-0.15, -0.1) is 0 Å². The highest BCUT2D eigenvalue weighted by Crippen LogP contribution is 2.29. The molecule has 9 heteroatoms. The largest absolute Gasteiger partial charge is 0.367 e. The van der Waals surface area contributed by atoms with Crippen molar-refractivity contribution in [1.82, 2.24) is 25.2 Å². The summed E-state index contributed by atoms with van der Waals surface area (Å²) in [7, 11) is 0.